The molecule has 4 rings (SSSR count). The number of benzene rings is 1. The van der Waals surface area contributed by atoms with Crippen molar-refractivity contribution in [1.82, 2.24) is 4.98 Å². The fourth-order valence-corrected chi connectivity index (χ4v) is 3.03. The predicted octanol–water partition coefficient (Wildman–Crippen LogP) is 4.41. The molecule has 0 spiro atoms. The number of rotatable bonds is 2. The van der Waals surface area contributed by atoms with Crippen LogP contribution in [-0.2, 0) is 0 Å². The van der Waals surface area contributed by atoms with Gasteiger partial charge < -0.3 is 4.42 Å². The van der Waals surface area contributed by atoms with Crippen LogP contribution < -0.4 is 0 Å². The Bertz CT molecular complexity index is 986. The second-order valence-corrected chi connectivity index (χ2v) is 5.57. The van der Waals surface area contributed by atoms with Gasteiger partial charge in [-0.25, -0.2) is 4.39 Å². The molecule has 0 bridgehead atoms. The predicted molar refractivity (Wildman–Crippen MR) is 79.2 cm³/mol. The normalized spacial score (nSPS) is 11.3. The Balaban J connectivity index is 1.83. The summed E-state index contributed by atoms with van der Waals surface area (Å²) < 4.78 is 19.9. The first kappa shape index (κ1) is 12.2. The van der Waals surface area contributed by atoms with Crippen LogP contribution in [0.25, 0.3) is 21.2 Å². The molecule has 0 unspecified atom stereocenters. The van der Waals surface area contributed by atoms with Crippen molar-refractivity contribution in [3.05, 3.63) is 65.1 Å². The Hall–Kier alpha value is -2.53. The van der Waals surface area contributed by atoms with Crippen molar-refractivity contribution in [1.29, 1.82) is 0 Å². The number of carbonyl (C=O) groups excluding carboxylic acids is 1. The van der Waals surface area contributed by atoms with Crippen LogP contribution in [0, 0.1) is 5.82 Å². The average Bonchev–Trinajstić information content (AvgIpc) is 3.12. The van der Waals surface area contributed by atoms with Crippen molar-refractivity contribution in [2.45, 2.75) is 0 Å². The molecule has 0 saturated carbocycles. The van der Waals surface area contributed by atoms with Gasteiger partial charge in [0.2, 0.25) is 5.78 Å². The summed E-state index contributed by atoms with van der Waals surface area (Å²) in [5.41, 5.74) is 1.39. The van der Waals surface area contributed by atoms with Crippen LogP contribution in [0.3, 0.4) is 0 Å². The van der Waals surface area contributed by atoms with Crippen LogP contribution >= 0.6 is 11.3 Å². The highest BCUT2D eigenvalue weighted by molar-refractivity contribution is 7.17. The maximum absolute atomic E-state index is 13.6. The number of hydrogen-bond acceptors (Lipinski definition) is 4. The number of nitrogens with zero attached hydrogens (tertiary/aromatic N) is 1. The number of ketones is 1. The summed E-state index contributed by atoms with van der Waals surface area (Å²) in [7, 11) is 0. The minimum Gasteiger partial charge on any atom is -0.449 e. The van der Waals surface area contributed by atoms with Crippen LogP contribution in [0.2, 0.25) is 0 Å². The highest BCUT2D eigenvalue weighted by Crippen LogP contribution is 2.25. The van der Waals surface area contributed by atoms with Crippen LogP contribution in [0.15, 0.2) is 52.4 Å². The number of hydrogen-bond donors (Lipinski definition) is 0. The largest absolute Gasteiger partial charge is 0.449 e. The highest BCUT2D eigenvalue weighted by atomic mass is 32.1. The summed E-state index contributed by atoms with van der Waals surface area (Å²) in [6.45, 7) is 0. The summed E-state index contributed by atoms with van der Waals surface area (Å²) in [6, 6.07) is 9.82. The highest BCUT2D eigenvalue weighted by Gasteiger charge is 2.17. The molecule has 3 heterocycles. The van der Waals surface area contributed by atoms with E-state index < -0.39 is 5.82 Å². The summed E-state index contributed by atoms with van der Waals surface area (Å²) in [6.07, 6.45) is 1.51. The topological polar surface area (TPSA) is 43.1 Å². The average molecular weight is 297 g/mol. The molecule has 0 amide bonds. The van der Waals surface area contributed by atoms with Crippen LogP contribution in [0.1, 0.15) is 16.1 Å². The van der Waals surface area contributed by atoms with E-state index in [2.05, 4.69) is 4.98 Å². The van der Waals surface area contributed by atoms with E-state index in [1.165, 1.54) is 23.6 Å². The lowest BCUT2D eigenvalue weighted by Gasteiger charge is -1.97. The van der Waals surface area contributed by atoms with E-state index in [4.69, 9.17) is 4.42 Å². The Morgan fingerprint density at radius 1 is 1.24 bits per heavy atom. The zero-order valence-electron chi connectivity index (χ0n) is 10.7. The van der Waals surface area contributed by atoms with Crippen LogP contribution in [-0.4, -0.2) is 10.8 Å². The maximum Gasteiger partial charge on any atom is 0.229 e. The first-order valence-corrected chi connectivity index (χ1v) is 7.16. The van der Waals surface area contributed by atoms with Gasteiger partial charge in [0.05, 0.1) is 10.2 Å². The summed E-state index contributed by atoms with van der Waals surface area (Å²) in [5, 5.41) is 2.49. The van der Waals surface area contributed by atoms with E-state index in [0.717, 1.165) is 10.2 Å². The van der Waals surface area contributed by atoms with Crippen molar-refractivity contribution < 1.29 is 13.6 Å². The van der Waals surface area contributed by atoms with Crippen LogP contribution in [0.5, 0.6) is 0 Å². The number of fused-ring (bicyclic) bond motifs is 2. The van der Waals surface area contributed by atoms with Crippen molar-refractivity contribution in [3.63, 3.8) is 0 Å². The number of carbonyl (C=O) groups is 1. The minimum absolute atomic E-state index is 0.103. The molecule has 5 heteroatoms. The lowest BCUT2D eigenvalue weighted by atomic mass is 10.1. The molecular formula is C16H8FNO2S. The van der Waals surface area contributed by atoms with Gasteiger partial charge in [0.25, 0.3) is 0 Å². The molecular weight excluding hydrogens is 289 g/mol. The molecule has 21 heavy (non-hydrogen) atoms. The van der Waals surface area contributed by atoms with Gasteiger partial charge in [-0.05, 0) is 29.6 Å². The second-order valence-electron chi connectivity index (χ2n) is 4.63. The quantitative estimate of drug-likeness (QED) is 0.515. The van der Waals surface area contributed by atoms with E-state index in [1.54, 1.807) is 24.3 Å². The Morgan fingerprint density at radius 2 is 2.14 bits per heavy atom. The molecule has 0 radical (unpaired) electrons. The molecule has 3 nitrogen and oxygen atoms in total. The van der Waals surface area contributed by atoms with Gasteiger partial charge >= 0.3 is 0 Å². The van der Waals surface area contributed by atoms with Crippen molar-refractivity contribution in [3.8, 4) is 0 Å². The van der Waals surface area contributed by atoms with Crippen molar-refractivity contribution in [2.24, 2.45) is 0 Å². The number of thiophene rings is 1. The fourth-order valence-electron chi connectivity index (χ4n) is 2.25. The molecule has 0 aliphatic carbocycles. The van der Waals surface area contributed by atoms with E-state index in [1.807, 2.05) is 11.4 Å². The second kappa shape index (κ2) is 4.49. The molecule has 4 aromatic rings. The van der Waals surface area contributed by atoms with Crippen molar-refractivity contribution in [2.75, 3.05) is 0 Å². The number of halogens is 1. The lowest BCUT2D eigenvalue weighted by Crippen LogP contribution is -1.99. The van der Waals surface area contributed by atoms with E-state index in [-0.39, 0.29) is 17.1 Å². The van der Waals surface area contributed by atoms with E-state index in [0.29, 0.717) is 10.9 Å². The molecule has 1 aromatic carbocycles. The summed E-state index contributed by atoms with van der Waals surface area (Å²) in [4.78, 5) is 16.7. The number of para-hydroxylation sites is 1. The smallest absolute Gasteiger partial charge is 0.229 e. The third-order valence-corrected chi connectivity index (χ3v) is 4.14. The Morgan fingerprint density at radius 3 is 3.00 bits per heavy atom. The summed E-state index contributed by atoms with van der Waals surface area (Å²) >= 11 is 1.52. The standard InChI is InChI=1S/C16H8FNO2S/c17-11-3-1-2-9-6-13(20-16(9)11)15(19)10-7-14-12(18-8-10)4-5-21-14/h1-8H. The van der Waals surface area contributed by atoms with Gasteiger partial charge in [-0.1, -0.05) is 12.1 Å². The molecule has 0 N–H and O–H groups in total. The fraction of sp³-hybridized carbons (Fsp3) is 0. The van der Waals surface area contributed by atoms with Gasteiger partial charge in [-0.3, -0.25) is 9.78 Å². The Labute approximate surface area is 122 Å². The van der Waals surface area contributed by atoms with Crippen LogP contribution in [0.4, 0.5) is 4.39 Å². The number of aromatic nitrogens is 1. The van der Waals surface area contributed by atoms with Gasteiger partial charge in [-0.15, -0.1) is 11.3 Å². The zero-order valence-corrected chi connectivity index (χ0v) is 11.5. The number of furan rings is 1. The molecule has 3 aromatic heterocycles. The molecule has 0 aliphatic heterocycles. The number of pyridine rings is 1. The molecule has 0 fully saturated rings. The first-order chi connectivity index (χ1) is 10.2. The summed E-state index contributed by atoms with van der Waals surface area (Å²) in [5.74, 6) is -0.653. The Kier molecular flexibility index (Phi) is 2.62. The SMILES string of the molecule is O=C(c1cnc2ccsc2c1)c1cc2cccc(F)c2o1. The van der Waals surface area contributed by atoms with Gasteiger partial charge in [0, 0.05) is 17.1 Å². The molecule has 0 saturated heterocycles. The first-order valence-electron chi connectivity index (χ1n) is 6.28. The third kappa shape index (κ3) is 1.94. The van der Waals surface area contributed by atoms with Gasteiger partial charge in [0.1, 0.15) is 0 Å². The van der Waals surface area contributed by atoms with Crippen molar-refractivity contribution >= 4 is 38.3 Å². The van der Waals surface area contributed by atoms with Gasteiger partial charge in [0.15, 0.2) is 17.2 Å². The van der Waals surface area contributed by atoms with E-state index >= 15 is 0 Å². The van der Waals surface area contributed by atoms with E-state index in [9.17, 15) is 9.18 Å². The molecule has 0 atom stereocenters. The lowest BCUT2D eigenvalue weighted by molar-refractivity contribution is 0.101. The third-order valence-electron chi connectivity index (χ3n) is 3.28. The monoisotopic (exact) mass is 297 g/mol. The van der Waals surface area contributed by atoms with Gasteiger partial charge in [-0.2, -0.15) is 0 Å². The maximum atomic E-state index is 13.6. The zero-order chi connectivity index (χ0) is 14.4. The molecule has 0 aliphatic rings. The molecule has 102 valence electrons. The minimum atomic E-state index is -0.474.